The Morgan fingerprint density at radius 1 is 1.50 bits per heavy atom. The summed E-state index contributed by atoms with van der Waals surface area (Å²) in [6.07, 6.45) is 3.15. The van der Waals surface area contributed by atoms with Gasteiger partial charge in [0.25, 0.3) is 0 Å². The molecule has 0 aromatic heterocycles. The average Bonchev–Trinajstić information content (AvgIpc) is 2.15. The van der Waals surface area contributed by atoms with Crippen molar-refractivity contribution in [3.8, 4) is 0 Å². The molecule has 0 radical (unpaired) electrons. The third kappa shape index (κ3) is 4.16. The molecule has 1 aromatic carbocycles. The minimum atomic E-state index is 0.279. The van der Waals surface area contributed by atoms with Crippen LogP contribution in [0.2, 0.25) is 5.02 Å². The standard InChI is InChI=1S/C11H13ClOS/c1-14-6-5-11(13)8-9-3-2-4-10(12)7-9/h2-4,7H,5-6,8H2,1H3. The molecule has 0 spiro atoms. The van der Waals surface area contributed by atoms with Gasteiger partial charge in [0.2, 0.25) is 0 Å². The number of thioether (sulfide) groups is 1. The number of benzene rings is 1. The molecule has 0 N–H and O–H groups in total. The minimum absolute atomic E-state index is 0.279. The van der Waals surface area contributed by atoms with Gasteiger partial charge < -0.3 is 0 Å². The molecule has 1 rings (SSSR count). The molecule has 0 atom stereocenters. The lowest BCUT2D eigenvalue weighted by Crippen LogP contribution is -2.03. The highest BCUT2D eigenvalue weighted by Gasteiger charge is 2.03. The van der Waals surface area contributed by atoms with Crippen molar-refractivity contribution in [1.82, 2.24) is 0 Å². The number of ketones is 1. The fraction of sp³-hybridized carbons (Fsp3) is 0.364. The van der Waals surface area contributed by atoms with Gasteiger partial charge in [0.15, 0.2) is 0 Å². The molecule has 0 aliphatic rings. The van der Waals surface area contributed by atoms with E-state index in [-0.39, 0.29) is 5.78 Å². The molecule has 0 heterocycles. The van der Waals surface area contributed by atoms with E-state index >= 15 is 0 Å². The van der Waals surface area contributed by atoms with Crippen LogP contribution in [0.25, 0.3) is 0 Å². The minimum Gasteiger partial charge on any atom is -0.299 e. The summed E-state index contributed by atoms with van der Waals surface area (Å²) in [7, 11) is 0. The van der Waals surface area contributed by atoms with Gasteiger partial charge >= 0.3 is 0 Å². The van der Waals surface area contributed by atoms with Crippen molar-refractivity contribution >= 4 is 29.1 Å². The van der Waals surface area contributed by atoms with Gasteiger partial charge in [-0.2, -0.15) is 11.8 Å². The van der Waals surface area contributed by atoms with E-state index in [4.69, 9.17) is 11.6 Å². The Kier molecular flexibility index (Phi) is 5.05. The quantitative estimate of drug-likeness (QED) is 0.770. The highest BCUT2D eigenvalue weighted by Crippen LogP contribution is 2.12. The summed E-state index contributed by atoms with van der Waals surface area (Å²) in [5, 5.41) is 0.695. The first-order chi connectivity index (χ1) is 6.72. The van der Waals surface area contributed by atoms with Crippen LogP contribution in [0, 0.1) is 0 Å². The lowest BCUT2D eigenvalue weighted by atomic mass is 10.1. The molecular formula is C11H13ClOS. The van der Waals surface area contributed by atoms with Gasteiger partial charge in [0, 0.05) is 17.9 Å². The predicted molar refractivity (Wildman–Crippen MR) is 63.2 cm³/mol. The van der Waals surface area contributed by atoms with Crippen LogP contribution in [0.5, 0.6) is 0 Å². The average molecular weight is 229 g/mol. The van der Waals surface area contributed by atoms with Gasteiger partial charge in [-0.1, -0.05) is 23.7 Å². The number of hydrogen-bond donors (Lipinski definition) is 0. The molecular weight excluding hydrogens is 216 g/mol. The highest BCUT2D eigenvalue weighted by molar-refractivity contribution is 7.98. The Balaban J connectivity index is 2.47. The molecule has 0 unspecified atom stereocenters. The van der Waals surface area contributed by atoms with Crippen LogP contribution in [-0.4, -0.2) is 17.8 Å². The van der Waals surface area contributed by atoms with Crippen LogP contribution in [0.1, 0.15) is 12.0 Å². The van der Waals surface area contributed by atoms with Crippen molar-refractivity contribution in [2.75, 3.05) is 12.0 Å². The molecule has 0 saturated carbocycles. The van der Waals surface area contributed by atoms with Crippen LogP contribution < -0.4 is 0 Å². The normalized spacial score (nSPS) is 10.1. The number of hydrogen-bond acceptors (Lipinski definition) is 2. The second-order valence-electron chi connectivity index (χ2n) is 3.09. The third-order valence-corrected chi connectivity index (χ3v) is 2.72. The van der Waals surface area contributed by atoms with E-state index in [1.165, 1.54) is 0 Å². The first-order valence-corrected chi connectivity index (χ1v) is 6.24. The Bertz CT molecular complexity index is 312. The Labute approximate surface area is 93.8 Å². The lowest BCUT2D eigenvalue weighted by molar-refractivity contribution is -0.118. The van der Waals surface area contributed by atoms with Crippen molar-refractivity contribution in [3.63, 3.8) is 0 Å². The molecule has 0 saturated heterocycles. The predicted octanol–water partition coefficient (Wildman–Crippen LogP) is 3.20. The Morgan fingerprint density at radius 2 is 2.29 bits per heavy atom. The Hall–Kier alpha value is -0.470. The monoisotopic (exact) mass is 228 g/mol. The van der Waals surface area contributed by atoms with Gasteiger partial charge in [0.1, 0.15) is 5.78 Å². The van der Waals surface area contributed by atoms with E-state index in [0.717, 1.165) is 11.3 Å². The number of Topliss-reactive ketones (excluding diaryl/α,β-unsaturated/α-hetero) is 1. The van der Waals surface area contributed by atoms with E-state index in [0.29, 0.717) is 17.9 Å². The van der Waals surface area contributed by atoms with Crippen molar-refractivity contribution in [3.05, 3.63) is 34.9 Å². The zero-order valence-corrected chi connectivity index (χ0v) is 9.70. The molecule has 0 fully saturated rings. The van der Waals surface area contributed by atoms with Crippen molar-refractivity contribution in [2.45, 2.75) is 12.8 Å². The molecule has 3 heteroatoms. The fourth-order valence-electron chi connectivity index (χ4n) is 1.18. The van der Waals surface area contributed by atoms with Gasteiger partial charge in [0.05, 0.1) is 0 Å². The SMILES string of the molecule is CSCCC(=O)Cc1cccc(Cl)c1. The zero-order valence-electron chi connectivity index (χ0n) is 8.13. The first-order valence-electron chi connectivity index (χ1n) is 4.47. The van der Waals surface area contributed by atoms with Gasteiger partial charge in [-0.05, 0) is 29.7 Å². The summed E-state index contributed by atoms with van der Waals surface area (Å²) in [4.78, 5) is 11.4. The second kappa shape index (κ2) is 6.10. The van der Waals surface area contributed by atoms with Crippen molar-refractivity contribution in [1.29, 1.82) is 0 Å². The molecule has 0 amide bonds. The molecule has 0 bridgehead atoms. The van der Waals surface area contributed by atoms with E-state index in [1.54, 1.807) is 11.8 Å². The molecule has 0 aliphatic carbocycles. The van der Waals surface area contributed by atoms with Gasteiger partial charge in [-0.25, -0.2) is 0 Å². The topological polar surface area (TPSA) is 17.1 Å². The van der Waals surface area contributed by atoms with E-state index in [1.807, 2.05) is 30.5 Å². The smallest absolute Gasteiger partial charge is 0.138 e. The molecule has 0 aliphatic heterocycles. The number of carbonyl (C=O) groups is 1. The summed E-state index contributed by atoms with van der Waals surface area (Å²) in [5.74, 6) is 1.18. The summed E-state index contributed by atoms with van der Waals surface area (Å²) in [6.45, 7) is 0. The van der Waals surface area contributed by atoms with Crippen LogP contribution in [0.15, 0.2) is 24.3 Å². The molecule has 76 valence electrons. The van der Waals surface area contributed by atoms with Gasteiger partial charge in [-0.3, -0.25) is 4.79 Å². The van der Waals surface area contributed by atoms with E-state index in [9.17, 15) is 4.79 Å². The number of carbonyl (C=O) groups excluding carboxylic acids is 1. The molecule has 14 heavy (non-hydrogen) atoms. The maximum atomic E-state index is 11.4. The van der Waals surface area contributed by atoms with Crippen LogP contribution in [0.3, 0.4) is 0 Å². The first kappa shape index (κ1) is 11.6. The molecule has 1 aromatic rings. The number of halogens is 1. The fourth-order valence-corrected chi connectivity index (χ4v) is 1.82. The maximum Gasteiger partial charge on any atom is 0.138 e. The van der Waals surface area contributed by atoms with Crippen LogP contribution in [-0.2, 0) is 11.2 Å². The zero-order chi connectivity index (χ0) is 10.4. The van der Waals surface area contributed by atoms with Crippen molar-refractivity contribution in [2.24, 2.45) is 0 Å². The summed E-state index contributed by atoms with van der Waals surface area (Å²) in [6, 6.07) is 7.47. The van der Waals surface area contributed by atoms with Crippen molar-refractivity contribution < 1.29 is 4.79 Å². The maximum absolute atomic E-state index is 11.4. The molecule has 1 nitrogen and oxygen atoms in total. The highest BCUT2D eigenvalue weighted by atomic mass is 35.5. The third-order valence-electron chi connectivity index (χ3n) is 1.88. The van der Waals surface area contributed by atoms with E-state index < -0.39 is 0 Å². The van der Waals surface area contributed by atoms with Crippen LogP contribution in [0.4, 0.5) is 0 Å². The van der Waals surface area contributed by atoms with E-state index in [2.05, 4.69) is 0 Å². The lowest BCUT2D eigenvalue weighted by Gasteiger charge is -2.00. The Morgan fingerprint density at radius 3 is 2.93 bits per heavy atom. The summed E-state index contributed by atoms with van der Waals surface area (Å²) >= 11 is 7.51. The largest absolute Gasteiger partial charge is 0.299 e. The second-order valence-corrected chi connectivity index (χ2v) is 4.51. The summed E-state index contributed by atoms with van der Waals surface area (Å²) in [5.41, 5.74) is 1.00. The number of rotatable bonds is 5. The van der Waals surface area contributed by atoms with Crippen LogP contribution >= 0.6 is 23.4 Å². The summed E-state index contributed by atoms with van der Waals surface area (Å²) < 4.78 is 0. The van der Waals surface area contributed by atoms with Gasteiger partial charge in [-0.15, -0.1) is 0 Å².